The number of carboxylic acid groups (broad SMARTS) is 2. The van der Waals surface area contributed by atoms with Gasteiger partial charge in [-0.2, -0.15) is 0 Å². The van der Waals surface area contributed by atoms with E-state index in [1.165, 1.54) is 19.3 Å². The maximum atomic E-state index is 10.9. The highest BCUT2D eigenvalue weighted by Gasteiger charge is 2.59. The molecule has 2 aliphatic rings. The van der Waals surface area contributed by atoms with Crippen LogP contribution in [0.1, 0.15) is 53.4 Å². The number of hydrogen-bond donors (Lipinski definition) is 2. The zero-order valence-electron chi connectivity index (χ0n) is 11.7. The minimum atomic E-state index is -0.833. The fourth-order valence-corrected chi connectivity index (χ4v) is 4.09. The third-order valence-electron chi connectivity index (χ3n) is 4.95. The summed E-state index contributed by atoms with van der Waals surface area (Å²) in [5.41, 5.74) is 0.554. The van der Waals surface area contributed by atoms with Gasteiger partial charge < -0.3 is 10.2 Å². The van der Waals surface area contributed by atoms with Crippen molar-refractivity contribution in [1.82, 2.24) is 0 Å². The predicted octanol–water partition coefficient (Wildman–Crippen LogP) is 3.01. The van der Waals surface area contributed by atoms with E-state index >= 15 is 0 Å². The van der Waals surface area contributed by atoms with Crippen molar-refractivity contribution < 1.29 is 19.8 Å². The van der Waals surface area contributed by atoms with Gasteiger partial charge in [-0.3, -0.25) is 9.59 Å². The van der Waals surface area contributed by atoms with Crippen LogP contribution in [0.25, 0.3) is 0 Å². The van der Waals surface area contributed by atoms with Gasteiger partial charge in [-0.05, 0) is 41.9 Å². The molecule has 4 heteroatoms. The highest BCUT2D eigenvalue weighted by atomic mass is 16.4. The molecular formula is C14H24O4. The van der Waals surface area contributed by atoms with E-state index in [1.54, 1.807) is 0 Å². The normalized spacial score (nSPS) is 35.8. The minimum absolute atomic E-state index is 0.241. The topological polar surface area (TPSA) is 74.6 Å². The zero-order valence-corrected chi connectivity index (χ0v) is 11.7. The Morgan fingerprint density at radius 2 is 1.72 bits per heavy atom. The first-order valence-corrected chi connectivity index (χ1v) is 6.51. The monoisotopic (exact) mass is 256 g/mol. The lowest BCUT2D eigenvalue weighted by Gasteiger charge is -2.42. The van der Waals surface area contributed by atoms with Gasteiger partial charge in [0.1, 0.15) is 0 Å². The maximum absolute atomic E-state index is 10.9. The summed E-state index contributed by atoms with van der Waals surface area (Å²) in [4.78, 5) is 19.9. The Labute approximate surface area is 108 Å². The Morgan fingerprint density at radius 3 is 2.06 bits per heavy atom. The number of aliphatic carboxylic acids is 2. The molecule has 0 radical (unpaired) electrons. The molecular weight excluding hydrogens is 232 g/mol. The minimum Gasteiger partial charge on any atom is -0.481 e. The molecule has 104 valence electrons. The van der Waals surface area contributed by atoms with Gasteiger partial charge in [-0.25, -0.2) is 0 Å². The number of carboxylic acids is 2. The van der Waals surface area contributed by atoms with Gasteiger partial charge in [0.2, 0.25) is 0 Å². The molecule has 2 fully saturated rings. The van der Waals surface area contributed by atoms with Crippen LogP contribution in [-0.2, 0) is 9.59 Å². The van der Waals surface area contributed by atoms with Crippen LogP contribution in [0.5, 0.6) is 0 Å². The summed E-state index contributed by atoms with van der Waals surface area (Å²) in [6.07, 6.45) is 4.15. The van der Waals surface area contributed by atoms with Gasteiger partial charge in [-0.15, -0.1) is 0 Å². The van der Waals surface area contributed by atoms with E-state index in [9.17, 15) is 4.79 Å². The van der Waals surface area contributed by atoms with E-state index < -0.39 is 11.9 Å². The van der Waals surface area contributed by atoms with Crippen LogP contribution < -0.4 is 0 Å². The molecule has 0 amide bonds. The molecule has 2 bridgehead atoms. The highest BCUT2D eigenvalue weighted by Crippen LogP contribution is 2.66. The molecule has 2 N–H and O–H groups in total. The molecule has 2 aliphatic carbocycles. The summed E-state index contributed by atoms with van der Waals surface area (Å²) in [6, 6.07) is 0. The first-order chi connectivity index (χ1) is 8.09. The van der Waals surface area contributed by atoms with E-state index in [-0.39, 0.29) is 5.41 Å². The van der Waals surface area contributed by atoms with Crippen LogP contribution in [0.2, 0.25) is 0 Å². The SMILES string of the molecule is CC(=O)O.CC12CCC(C1)C(C)(C)[C@H]2CC(=O)O. The molecule has 0 spiro atoms. The molecule has 0 heterocycles. The molecule has 2 saturated carbocycles. The van der Waals surface area contributed by atoms with Crippen LogP contribution in [0, 0.1) is 22.7 Å². The maximum Gasteiger partial charge on any atom is 0.303 e. The second-order valence-corrected chi connectivity index (χ2v) is 6.58. The van der Waals surface area contributed by atoms with Crippen LogP contribution in [-0.4, -0.2) is 22.2 Å². The molecule has 0 aromatic rings. The Hall–Kier alpha value is -1.06. The summed E-state index contributed by atoms with van der Waals surface area (Å²) in [5.74, 6) is -0.319. The van der Waals surface area contributed by atoms with Crippen molar-refractivity contribution in [2.75, 3.05) is 0 Å². The Morgan fingerprint density at radius 1 is 1.22 bits per heavy atom. The molecule has 2 unspecified atom stereocenters. The van der Waals surface area contributed by atoms with Crippen molar-refractivity contribution in [3.8, 4) is 0 Å². The van der Waals surface area contributed by atoms with Gasteiger partial charge in [-0.1, -0.05) is 20.8 Å². The van der Waals surface area contributed by atoms with Crippen molar-refractivity contribution in [1.29, 1.82) is 0 Å². The third-order valence-corrected chi connectivity index (χ3v) is 4.95. The zero-order chi connectivity index (χ0) is 14.1. The highest BCUT2D eigenvalue weighted by molar-refractivity contribution is 5.67. The standard InChI is InChI=1S/C12H20O2.C2H4O2/c1-11(2)8-4-5-12(3,7-8)9(11)6-10(13)14;1-2(3)4/h8-9H,4-7H2,1-3H3,(H,13,14);1H3,(H,3,4)/t8?,9-,12?;/m1./s1. The lowest BCUT2D eigenvalue weighted by Crippen LogP contribution is -2.36. The summed E-state index contributed by atoms with van der Waals surface area (Å²) in [7, 11) is 0. The largest absolute Gasteiger partial charge is 0.481 e. The summed E-state index contributed by atoms with van der Waals surface area (Å²) < 4.78 is 0. The van der Waals surface area contributed by atoms with Crippen molar-refractivity contribution in [3.05, 3.63) is 0 Å². The van der Waals surface area contributed by atoms with E-state index in [0.29, 0.717) is 17.8 Å². The van der Waals surface area contributed by atoms with Crippen LogP contribution in [0.4, 0.5) is 0 Å². The van der Waals surface area contributed by atoms with Crippen molar-refractivity contribution in [3.63, 3.8) is 0 Å². The molecule has 0 aromatic carbocycles. The van der Waals surface area contributed by atoms with Gasteiger partial charge in [0.15, 0.2) is 0 Å². The van der Waals surface area contributed by atoms with E-state index in [0.717, 1.165) is 12.8 Å². The average molecular weight is 256 g/mol. The predicted molar refractivity (Wildman–Crippen MR) is 68.3 cm³/mol. The molecule has 2 rings (SSSR count). The van der Waals surface area contributed by atoms with E-state index in [4.69, 9.17) is 15.0 Å². The number of rotatable bonds is 2. The molecule has 3 atom stereocenters. The van der Waals surface area contributed by atoms with Gasteiger partial charge in [0.05, 0.1) is 0 Å². The van der Waals surface area contributed by atoms with E-state index in [2.05, 4.69) is 20.8 Å². The second kappa shape index (κ2) is 4.90. The molecule has 18 heavy (non-hydrogen) atoms. The number of fused-ring (bicyclic) bond motifs is 2. The molecule has 0 aliphatic heterocycles. The van der Waals surface area contributed by atoms with Crippen molar-refractivity contribution in [2.45, 2.75) is 53.4 Å². The fourth-order valence-electron chi connectivity index (χ4n) is 4.09. The third kappa shape index (κ3) is 2.85. The van der Waals surface area contributed by atoms with Crippen molar-refractivity contribution in [2.24, 2.45) is 22.7 Å². The summed E-state index contributed by atoms with van der Waals surface area (Å²) in [6.45, 7) is 7.89. The molecule has 0 aromatic heterocycles. The van der Waals surface area contributed by atoms with E-state index in [1.807, 2.05) is 0 Å². The quantitative estimate of drug-likeness (QED) is 0.796. The smallest absolute Gasteiger partial charge is 0.303 e. The van der Waals surface area contributed by atoms with Crippen LogP contribution >= 0.6 is 0 Å². The van der Waals surface area contributed by atoms with Gasteiger partial charge in [0.25, 0.3) is 5.97 Å². The lowest BCUT2D eigenvalue weighted by molar-refractivity contribution is -0.141. The van der Waals surface area contributed by atoms with Crippen molar-refractivity contribution >= 4 is 11.9 Å². The summed E-state index contributed by atoms with van der Waals surface area (Å²) in [5, 5.41) is 16.4. The number of carbonyl (C=O) groups is 2. The lowest BCUT2D eigenvalue weighted by atomic mass is 9.63. The van der Waals surface area contributed by atoms with Gasteiger partial charge in [0, 0.05) is 13.3 Å². The Kier molecular flexibility index (Phi) is 4.08. The Balaban J connectivity index is 0.000000357. The first kappa shape index (κ1) is 15.0. The molecule has 4 nitrogen and oxygen atoms in total. The van der Waals surface area contributed by atoms with Gasteiger partial charge >= 0.3 is 5.97 Å². The van der Waals surface area contributed by atoms with Crippen LogP contribution in [0.3, 0.4) is 0 Å². The first-order valence-electron chi connectivity index (χ1n) is 6.51. The van der Waals surface area contributed by atoms with Crippen LogP contribution in [0.15, 0.2) is 0 Å². The Bertz CT molecular complexity index is 339. The average Bonchev–Trinajstić information content (AvgIpc) is 2.63. The second-order valence-electron chi connectivity index (χ2n) is 6.58. The number of hydrogen-bond acceptors (Lipinski definition) is 2. The fraction of sp³-hybridized carbons (Fsp3) is 0.857. The summed E-state index contributed by atoms with van der Waals surface area (Å²) >= 11 is 0. The molecule has 0 saturated heterocycles.